The van der Waals surface area contributed by atoms with Gasteiger partial charge in [-0.15, -0.1) is 0 Å². The zero-order valence-electron chi connectivity index (χ0n) is 15.5. The van der Waals surface area contributed by atoms with Gasteiger partial charge in [-0.1, -0.05) is 60.7 Å². The summed E-state index contributed by atoms with van der Waals surface area (Å²) >= 11 is 0. The predicted octanol–water partition coefficient (Wildman–Crippen LogP) is 5.84. The van der Waals surface area contributed by atoms with Gasteiger partial charge in [0.25, 0.3) is 0 Å². The Morgan fingerprint density at radius 2 is 1.28 bits per heavy atom. The highest BCUT2D eigenvalue weighted by Crippen LogP contribution is 2.23. The number of benzene rings is 2. The van der Waals surface area contributed by atoms with Crippen molar-refractivity contribution in [2.75, 3.05) is 0 Å². The van der Waals surface area contributed by atoms with Crippen LogP contribution in [0.1, 0.15) is 44.7 Å². The summed E-state index contributed by atoms with van der Waals surface area (Å²) in [6.07, 6.45) is 3.53. The highest BCUT2D eigenvalue weighted by atomic mass is 16.5. The molecule has 0 aliphatic rings. The normalized spacial score (nSPS) is 10.8. The van der Waals surface area contributed by atoms with Crippen LogP contribution >= 0.6 is 0 Å². The highest BCUT2D eigenvalue weighted by Gasteiger charge is 2.17. The first kappa shape index (κ1) is 18.8. The van der Waals surface area contributed by atoms with E-state index in [1.54, 1.807) is 0 Å². The third-order valence-electron chi connectivity index (χ3n) is 3.95. The van der Waals surface area contributed by atoms with Crippen LogP contribution in [0.3, 0.4) is 0 Å². The van der Waals surface area contributed by atoms with Crippen LogP contribution in [0.5, 0.6) is 0 Å². The fourth-order valence-electron chi connectivity index (χ4n) is 2.71. The molecule has 2 aromatic carbocycles. The van der Waals surface area contributed by atoms with Gasteiger partial charge in [-0.05, 0) is 63.2 Å². The SMILES string of the molecule is CC(C)(C)OC(C#N)=C(CCc1ccccc1)CCc1ccccc1. The molecule has 0 N–H and O–H groups in total. The van der Waals surface area contributed by atoms with Crippen molar-refractivity contribution in [3.63, 3.8) is 0 Å². The molecule has 2 rings (SSSR count). The Hall–Kier alpha value is -2.53. The van der Waals surface area contributed by atoms with Crippen LogP contribution in [0.4, 0.5) is 0 Å². The number of nitriles is 1. The van der Waals surface area contributed by atoms with Crippen molar-refractivity contribution >= 4 is 0 Å². The molecule has 0 amide bonds. The largest absolute Gasteiger partial charge is 0.478 e. The van der Waals surface area contributed by atoms with Crippen molar-refractivity contribution in [2.24, 2.45) is 0 Å². The van der Waals surface area contributed by atoms with E-state index in [9.17, 15) is 5.26 Å². The third-order valence-corrected chi connectivity index (χ3v) is 3.95. The number of allylic oxidation sites excluding steroid dienone is 2. The Bertz CT molecular complexity index is 673. The molecule has 0 bridgehead atoms. The number of nitrogens with zero attached hydrogens (tertiary/aromatic N) is 1. The molecule has 0 saturated carbocycles. The van der Waals surface area contributed by atoms with E-state index < -0.39 is 0 Å². The summed E-state index contributed by atoms with van der Waals surface area (Å²) in [4.78, 5) is 0. The summed E-state index contributed by atoms with van der Waals surface area (Å²) in [5, 5.41) is 9.62. The predicted molar refractivity (Wildman–Crippen MR) is 103 cm³/mol. The quantitative estimate of drug-likeness (QED) is 0.471. The molecule has 0 radical (unpaired) electrons. The molecule has 0 spiro atoms. The molecule has 130 valence electrons. The standard InChI is InChI=1S/C23H27NO/c1-23(2,3)25-22(18-24)21(16-14-19-10-6-4-7-11-19)17-15-20-12-8-5-9-13-20/h4-13H,14-17H2,1-3H3. The van der Waals surface area contributed by atoms with Crippen molar-refractivity contribution in [3.05, 3.63) is 83.1 Å². The Kier molecular flexibility index (Phi) is 6.83. The van der Waals surface area contributed by atoms with Gasteiger partial charge in [0.2, 0.25) is 0 Å². The van der Waals surface area contributed by atoms with E-state index in [1.165, 1.54) is 11.1 Å². The fraction of sp³-hybridized carbons (Fsp3) is 0.348. The molecule has 0 unspecified atom stereocenters. The lowest BCUT2D eigenvalue weighted by Crippen LogP contribution is -2.19. The summed E-state index contributed by atoms with van der Waals surface area (Å²) in [5.74, 6) is 0.486. The summed E-state index contributed by atoms with van der Waals surface area (Å²) in [7, 11) is 0. The van der Waals surface area contributed by atoms with Gasteiger partial charge >= 0.3 is 0 Å². The van der Waals surface area contributed by atoms with Crippen LogP contribution in [0.15, 0.2) is 72.0 Å². The maximum absolute atomic E-state index is 9.62. The van der Waals surface area contributed by atoms with Crippen molar-refractivity contribution in [2.45, 2.75) is 52.1 Å². The van der Waals surface area contributed by atoms with Crippen molar-refractivity contribution in [3.8, 4) is 6.07 Å². The maximum atomic E-state index is 9.62. The molecule has 25 heavy (non-hydrogen) atoms. The van der Waals surface area contributed by atoms with Gasteiger partial charge in [-0.2, -0.15) is 5.26 Å². The van der Waals surface area contributed by atoms with E-state index in [0.717, 1.165) is 31.3 Å². The fourth-order valence-corrected chi connectivity index (χ4v) is 2.71. The molecule has 0 aliphatic heterocycles. The molecular formula is C23H27NO. The number of hydrogen-bond acceptors (Lipinski definition) is 2. The summed E-state index contributed by atoms with van der Waals surface area (Å²) < 4.78 is 5.94. The van der Waals surface area contributed by atoms with Crippen LogP contribution in [0, 0.1) is 11.3 Å². The first-order valence-corrected chi connectivity index (χ1v) is 8.87. The van der Waals surface area contributed by atoms with Gasteiger partial charge in [0.05, 0.1) is 0 Å². The van der Waals surface area contributed by atoms with E-state index in [-0.39, 0.29) is 5.60 Å². The Morgan fingerprint density at radius 3 is 1.64 bits per heavy atom. The lowest BCUT2D eigenvalue weighted by Gasteiger charge is -2.22. The number of rotatable bonds is 7. The van der Waals surface area contributed by atoms with Gasteiger partial charge < -0.3 is 4.74 Å². The molecule has 0 saturated heterocycles. The third kappa shape index (κ3) is 6.85. The number of ether oxygens (including phenoxy) is 1. The van der Waals surface area contributed by atoms with Gasteiger partial charge in [0.1, 0.15) is 11.7 Å². The summed E-state index contributed by atoms with van der Waals surface area (Å²) in [6.45, 7) is 5.95. The van der Waals surface area contributed by atoms with E-state index in [1.807, 2.05) is 32.9 Å². The highest BCUT2D eigenvalue weighted by molar-refractivity contribution is 5.26. The lowest BCUT2D eigenvalue weighted by molar-refractivity contribution is 0.0589. The van der Waals surface area contributed by atoms with Gasteiger partial charge in [0.15, 0.2) is 5.76 Å². The van der Waals surface area contributed by atoms with Crippen molar-refractivity contribution in [1.82, 2.24) is 0 Å². The zero-order chi connectivity index (χ0) is 18.1. The zero-order valence-corrected chi connectivity index (χ0v) is 15.5. The summed E-state index contributed by atoms with van der Waals surface area (Å²) in [6, 6.07) is 23.1. The average Bonchev–Trinajstić information content (AvgIpc) is 2.61. The average molecular weight is 333 g/mol. The Balaban J connectivity index is 2.15. The van der Waals surface area contributed by atoms with Crippen molar-refractivity contribution < 1.29 is 4.74 Å². The molecule has 2 nitrogen and oxygen atoms in total. The summed E-state index contributed by atoms with van der Waals surface area (Å²) in [5.41, 5.74) is 3.31. The molecule has 0 fully saturated rings. The van der Waals surface area contributed by atoms with Crippen LogP contribution in [0.25, 0.3) is 0 Å². The van der Waals surface area contributed by atoms with Crippen LogP contribution in [-0.2, 0) is 17.6 Å². The van der Waals surface area contributed by atoms with Crippen molar-refractivity contribution in [1.29, 1.82) is 5.26 Å². The maximum Gasteiger partial charge on any atom is 0.196 e. The second-order valence-electron chi connectivity index (χ2n) is 7.23. The minimum Gasteiger partial charge on any atom is -0.478 e. The topological polar surface area (TPSA) is 33.0 Å². The lowest BCUT2D eigenvalue weighted by atomic mass is 9.97. The Morgan fingerprint density at radius 1 is 0.840 bits per heavy atom. The van der Waals surface area contributed by atoms with Gasteiger partial charge in [0, 0.05) is 0 Å². The molecule has 0 atom stereocenters. The number of aryl methyl sites for hydroxylation is 2. The molecule has 0 heterocycles. The number of hydrogen-bond donors (Lipinski definition) is 0. The van der Waals surface area contributed by atoms with E-state index >= 15 is 0 Å². The molecular weight excluding hydrogens is 306 g/mol. The first-order chi connectivity index (χ1) is 12.0. The second kappa shape index (κ2) is 9.08. The van der Waals surface area contributed by atoms with E-state index in [2.05, 4.69) is 54.6 Å². The van der Waals surface area contributed by atoms with Gasteiger partial charge in [-0.25, -0.2) is 0 Å². The minimum absolute atomic E-state index is 0.365. The second-order valence-corrected chi connectivity index (χ2v) is 7.23. The van der Waals surface area contributed by atoms with E-state index in [0.29, 0.717) is 5.76 Å². The Labute approximate surface area is 151 Å². The van der Waals surface area contributed by atoms with Crippen LogP contribution < -0.4 is 0 Å². The van der Waals surface area contributed by atoms with Crippen LogP contribution in [-0.4, -0.2) is 5.60 Å². The monoisotopic (exact) mass is 333 g/mol. The molecule has 0 aliphatic carbocycles. The molecule has 2 aromatic rings. The molecule has 2 heteroatoms. The smallest absolute Gasteiger partial charge is 0.196 e. The first-order valence-electron chi connectivity index (χ1n) is 8.87. The van der Waals surface area contributed by atoms with Crippen LogP contribution in [0.2, 0.25) is 0 Å². The van der Waals surface area contributed by atoms with E-state index in [4.69, 9.17) is 4.74 Å². The molecule has 0 aromatic heterocycles. The van der Waals surface area contributed by atoms with Gasteiger partial charge in [-0.3, -0.25) is 0 Å². The minimum atomic E-state index is -0.365.